The molecule has 1 heterocycles. The van der Waals surface area contributed by atoms with E-state index in [4.69, 9.17) is 5.26 Å². The van der Waals surface area contributed by atoms with Crippen LogP contribution in [0.3, 0.4) is 0 Å². The van der Waals surface area contributed by atoms with E-state index in [9.17, 15) is 31.5 Å². The van der Waals surface area contributed by atoms with Crippen LogP contribution in [-0.4, -0.2) is 16.6 Å². The number of pyridine rings is 1. The molecular weight excluding hydrogens is 395 g/mol. The summed E-state index contributed by atoms with van der Waals surface area (Å²) in [5, 5.41) is 8.96. The molecule has 148 valence electrons. The number of nitrogens with zero attached hydrogens (tertiary/aromatic N) is 2. The summed E-state index contributed by atoms with van der Waals surface area (Å²) < 4.78 is 67.0. The Kier molecular flexibility index (Phi) is 5.05. The fourth-order valence-electron chi connectivity index (χ4n) is 3.23. The molecule has 0 amide bonds. The SMILES string of the molecule is CCC1=C(Cc2ccc(C(F)(F)F)c(C#N)n2)C(=O)c2c(F)ccc(F)c2C1=O. The van der Waals surface area contributed by atoms with Crippen molar-refractivity contribution in [1.82, 2.24) is 4.98 Å². The van der Waals surface area contributed by atoms with Gasteiger partial charge in [0.05, 0.1) is 16.7 Å². The van der Waals surface area contributed by atoms with Gasteiger partial charge in [0, 0.05) is 23.3 Å². The molecule has 3 rings (SSSR count). The first-order valence-electron chi connectivity index (χ1n) is 8.36. The number of carbonyl (C=O) groups excluding carboxylic acids is 2. The first-order chi connectivity index (χ1) is 13.6. The molecule has 4 nitrogen and oxygen atoms in total. The summed E-state index contributed by atoms with van der Waals surface area (Å²) in [6, 6.07) is 4.43. The maximum absolute atomic E-state index is 14.2. The molecule has 0 N–H and O–H groups in total. The zero-order valence-electron chi connectivity index (χ0n) is 14.8. The van der Waals surface area contributed by atoms with E-state index < -0.39 is 58.2 Å². The van der Waals surface area contributed by atoms with Crippen LogP contribution in [-0.2, 0) is 12.6 Å². The summed E-state index contributed by atoms with van der Waals surface area (Å²) in [5.41, 5.74) is -3.85. The normalized spacial score (nSPS) is 14.1. The number of hydrogen-bond donors (Lipinski definition) is 0. The smallest absolute Gasteiger partial charge is 0.289 e. The number of benzene rings is 1. The third-order valence-corrected chi connectivity index (χ3v) is 4.55. The summed E-state index contributed by atoms with van der Waals surface area (Å²) >= 11 is 0. The number of hydrogen-bond acceptors (Lipinski definition) is 4. The Bertz CT molecular complexity index is 1130. The number of halogens is 5. The molecule has 0 unspecified atom stereocenters. The topological polar surface area (TPSA) is 70.8 Å². The van der Waals surface area contributed by atoms with Gasteiger partial charge in [-0.2, -0.15) is 18.4 Å². The fourth-order valence-corrected chi connectivity index (χ4v) is 3.23. The van der Waals surface area contributed by atoms with Gasteiger partial charge in [0.2, 0.25) is 0 Å². The minimum Gasteiger partial charge on any atom is -0.289 e. The van der Waals surface area contributed by atoms with Crippen molar-refractivity contribution in [3.63, 3.8) is 0 Å². The summed E-state index contributed by atoms with van der Waals surface area (Å²) in [7, 11) is 0. The minimum atomic E-state index is -4.79. The maximum atomic E-state index is 14.2. The van der Waals surface area contributed by atoms with E-state index in [0.29, 0.717) is 6.07 Å². The van der Waals surface area contributed by atoms with E-state index >= 15 is 0 Å². The van der Waals surface area contributed by atoms with Gasteiger partial charge in [0.1, 0.15) is 17.7 Å². The molecule has 1 aromatic carbocycles. The number of Topliss-reactive ketones (excluding diaryl/α,β-unsaturated/α-hetero) is 2. The molecule has 0 atom stereocenters. The molecule has 0 bridgehead atoms. The Morgan fingerprint density at radius 2 is 1.52 bits per heavy atom. The molecule has 0 fully saturated rings. The molecular formula is C20H11F5N2O2. The maximum Gasteiger partial charge on any atom is 0.419 e. The second-order valence-corrected chi connectivity index (χ2v) is 6.23. The fraction of sp³-hybridized carbons (Fsp3) is 0.200. The zero-order valence-corrected chi connectivity index (χ0v) is 14.8. The third-order valence-electron chi connectivity index (χ3n) is 4.55. The number of rotatable bonds is 3. The van der Waals surface area contributed by atoms with E-state index in [1.165, 1.54) is 13.0 Å². The highest BCUT2D eigenvalue weighted by Gasteiger charge is 2.37. The van der Waals surface area contributed by atoms with Crippen molar-refractivity contribution in [3.05, 3.63) is 75.1 Å². The highest BCUT2D eigenvalue weighted by molar-refractivity contribution is 6.27. The van der Waals surface area contributed by atoms with Crippen molar-refractivity contribution in [2.75, 3.05) is 0 Å². The quantitative estimate of drug-likeness (QED) is 0.700. The Balaban J connectivity index is 2.12. The van der Waals surface area contributed by atoms with Crippen LogP contribution >= 0.6 is 0 Å². The lowest BCUT2D eigenvalue weighted by atomic mass is 9.80. The third kappa shape index (κ3) is 3.42. The minimum absolute atomic E-state index is 0.0149. The van der Waals surface area contributed by atoms with Gasteiger partial charge in [-0.25, -0.2) is 13.8 Å². The average Bonchev–Trinajstić information content (AvgIpc) is 2.66. The number of carbonyl (C=O) groups is 2. The van der Waals surface area contributed by atoms with Gasteiger partial charge in [0.25, 0.3) is 0 Å². The molecule has 2 aromatic rings. The van der Waals surface area contributed by atoms with Crippen molar-refractivity contribution in [1.29, 1.82) is 5.26 Å². The number of fused-ring (bicyclic) bond motifs is 1. The molecule has 29 heavy (non-hydrogen) atoms. The average molecular weight is 406 g/mol. The van der Waals surface area contributed by atoms with Gasteiger partial charge >= 0.3 is 6.18 Å². The number of allylic oxidation sites excluding steroid dienone is 2. The van der Waals surface area contributed by atoms with E-state index in [2.05, 4.69) is 4.98 Å². The van der Waals surface area contributed by atoms with Crippen LogP contribution in [0.5, 0.6) is 0 Å². The van der Waals surface area contributed by atoms with Gasteiger partial charge in [-0.15, -0.1) is 0 Å². The van der Waals surface area contributed by atoms with E-state index in [0.717, 1.165) is 18.2 Å². The second kappa shape index (κ2) is 7.20. The summed E-state index contributed by atoms with van der Waals surface area (Å²) in [4.78, 5) is 29.1. The van der Waals surface area contributed by atoms with Gasteiger partial charge in [-0.1, -0.05) is 6.92 Å². The van der Waals surface area contributed by atoms with Crippen molar-refractivity contribution in [3.8, 4) is 6.07 Å². The Labute approximate surface area is 161 Å². The first kappa shape index (κ1) is 20.3. The molecule has 1 aliphatic carbocycles. The van der Waals surface area contributed by atoms with Crippen molar-refractivity contribution < 1.29 is 31.5 Å². The molecule has 1 aliphatic rings. The zero-order chi connectivity index (χ0) is 21.5. The highest BCUT2D eigenvalue weighted by Crippen LogP contribution is 2.34. The van der Waals surface area contributed by atoms with E-state index in [1.807, 2.05) is 0 Å². The van der Waals surface area contributed by atoms with Crippen LogP contribution in [0.1, 0.15) is 51.0 Å². The Morgan fingerprint density at radius 1 is 0.966 bits per heavy atom. The molecule has 0 radical (unpaired) electrons. The largest absolute Gasteiger partial charge is 0.419 e. The second-order valence-electron chi connectivity index (χ2n) is 6.23. The molecule has 0 aliphatic heterocycles. The summed E-state index contributed by atoms with van der Waals surface area (Å²) in [6.45, 7) is 1.53. The lowest BCUT2D eigenvalue weighted by molar-refractivity contribution is -0.138. The van der Waals surface area contributed by atoms with Crippen LogP contribution in [0.15, 0.2) is 35.4 Å². The monoisotopic (exact) mass is 406 g/mol. The highest BCUT2D eigenvalue weighted by atomic mass is 19.4. The van der Waals surface area contributed by atoms with Crippen LogP contribution in [0.25, 0.3) is 0 Å². The standard InChI is InChI=1S/C20H11F5N2O2/c1-2-10-11(7-9-3-4-12(20(23,24)25)15(8-26)27-9)19(29)17-14(22)6-5-13(21)16(17)18(10)28/h3-6H,2,7H2,1H3. The molecule has 1 aromatic heterocycles. The van der Waals surface area contributed by atoms with Crippen LogP contribution < -0.4 is 0 Å². The van der Waals surface area contributed by atoms with Crippen LogP contribution in [0.2, 0.25) is 0 Å². The number of aromatic nitrogens is 1. The Hall–Kier alpha value is -3.41. The van der Waals surface area contributed by atoms with E-state index in [-0.39, 0.29) is 23.3 Å². The van der Waals surface area contributed by atoms with Crippen LogP contribution in [0, 0.1) is 23.0 Å². The number of nitriles is 1. The lowest BCUT2D eigenvalue weighted by Gasteiger charge is -2.21. The summed E-state index contributed by atoms with van der Waals surface area (Å²) in [6.07, 6.45) is -5.18. The van der Waals surface area contributed by atoms with Gasteiger partial charge in [-0.3, -0.25) is 9.59 Å². The molecule has 0 saturated heterocycles. The van der Waals surface area contributed by atoms with E-state index in [1.54, 1.807) is 0 Å². The number of alkyl halides is 3. The summed E-state index contributed by atoms with van der Waals surface area (Å²) in [5.74, 6) is -3.91. The predicted octanol–water partition coefficient (Wildman–Crippen LogP) is 4.58. The predicted molar refractivity (Wildman–Crippen MR) is 90.0 cm³/mol. The van der Waals surface area contributed by atoms with Gasteiger partial charge < -0.3 is 0 Å². The lowest BCUT2D eigenvalue weighted by Crippen LogP contribution is -2.26. The Morgan fingerprint density at radius 3 is 2.00 bits per heavy atom. The van der Waals surface area contributed by atoms with Crippen LogP contribution in [0.4, 0.5) is 22.0 Å². The first-order valence-corrected chi connectivity index (χ1v) is 8.36. The van der Waals surface area contributed by atoms with Crippen molar-refractivity contribution in [2.45, 2.75) is 25.9 Å². The van der Waals surface area contributed by atoms with Crippen molar-refractivity contribution >= 4 is 11.6 Å². The van der Waals surface area contributed by atoms with Gasteiger partial charge in [-0.05, 0) is 30.7 Å². The molecule has 9 heteroatoms. The molecule has 0 saturated carbocycles. The molecule has 0 spiro atoms. The van der Waals surface area contributed by atoms with Crippen molar-refractivity contribution in [2.24, 2.45) is 0 Å². The number of ketones is 2. The van der Waals surface area contributed by atoms with Gasteiger partial charge in [0.15, 0.2) is 17.3 Å².